The number of halogens is 3. The number of nitrogens with zero attached hydrogens (tertiary/aromatic N) is 1. The van der Waals surface area contributed by atoms with Crippen molar-refractivity contribution in [2.24, 2.45) is 0 Å². The number of hydrogen-bond acceptors (Lipinski definition) is 6. The summed E-state index contributed by atoms with van der Waals surface area (Å²) in [6, 6.07) is 34.4. The van der Waals surface area contributed by atoms with Crippen LogP contribution in [0.2, 0.25) is 5.02 Å². The van der Waals surface area contributed by atoms with Gasteiger partial charge in [-0.3, -0.25) is 14.4 Å². The summed E-state index contributed by atoms with van der Waals surface area (Å²) in [5.41, 5.74) is 2.41. The van der Waals surface area contributed by atoms with E-state index in [2.05, 4.69) is 20.9 Å². The van der Waals surface area contributed by atoms with Crippen molar-refractivity contribution in [2.45, 2.75) is 10.1 Å². The van der Waals surface area contributed by atoms with Gasteiger partial charge in [0.15, 0.2) is 5.13 Å². The van der Waals surface area contributed by atoms with Crippen LogP contribution in [0.25, 0.3) is 17.3 Å². The predicted molar refractivity (Wildman–Crippen MR) is 200 cm³/mol. The molecule has 12 heteroatoms. The molecule has 6 aromatic rings. The maximum atomic E-state index is 14.7. The molecule has 3 amide bonds. The molecule has 0 spiro atoms. The molecule has 6 rings (SSSR count). The number of anilines is 2. The average Bonchev–Trinajstić information content (AvgIpc) is 3.61. The molecule has 0 saturated carbocycles. The minimum absolute atomic E-state index is 0.0577. The number of aromatic nitrogens is 1. The molecule has 3 N–H and O–H groups in total. The first-order valence-corrected chi connectivity index (χ1v) is 17.5. The molecule has 0 aliphatic heterocycles. The van der Waals surface area contributed by atoms with E-state index in [1.54, 1.807) is 72.1 Å². The highest BCUT2D eigenvalue weighted by atomic mass is 35.5. The van der Waals surface area contributed by atoms with E-state index in [1.165, 1.54) is 59.5 Å². The molecule has 0 aliphatic carbocycles. The highest BCUT2D eigenvalue weighted by molar-refractivity contribution is 8.00. The van der Waals surface area contributed by atoms with Gasteiger partial charge in [-0.1, -0.05) is 72.3 Å². The number of amides is 3. The predicted octanol–water partition coefficient (Wildman–Crippen LogP) is 9.62. The standard InChI is InChI=1S/C39H27ClF2N4O3S2/c40-31-15-8-16-32(42)30(31)22-33(44-36(47)26-11-5-2-6-12-26)37(48)43-28-13-7-14-29(21-28)51-35(25-9-3-1-4-10-25)38(49)46-39-45-34(23-50-39)24-17-19-27(41)20-18-24/h1-23,35H,(H,43,48)(H,44,47)(H,45,46,49)/b33-22+. The lowest BCUT2D eigenvalue weighted by Gasteiger charge is -2.17. The zero-order chi connectivity index (χ0) is 35.7. The van der Waals surface area contributed by atoms with Crippen LogP contribution in [0.1, 0.15) is 26.7 Å². The van der Waals surface area contributed by atoms with E-state index >= 15 is 0 Å². The molecule has 254 valence electrons. The molecule has 1 unspecified atom stereocenters. The first-order chi connectivity index (χ1) is 24.7. The van der Waals surface area contributed by atoms with E-state index in [-0.39, 0.29) is 28.0 Å². The van der Waals surface area contributed by atoms with Crippen molar-refractivity contribution < 1.29 is 23.2 Å². The van der Waals surface area contributed by atoms with E-state index in [4.69, 9.17) is 11.6 Å². The normalized spacial score (nSPS) is 11.8. The first kappa shape index (κ1) is 35.2. The van der Waals surface area contributed by atoms with Crippen LogP contribution in [0.3, 0.4) is 0 Å². The van der Waals surface area contributed by atoms with Gasteiger partial charge in [0.25, 0.3) is 11.8 Å². The molecule has 5 aromatic carbocycles. The number of carbonyl (C=O) groups excluding carboxylic acids is 3. The summed E-state index contributed by atoms with van der Waals surface area (Å²) in [5.74, 6) is -2.64. The van der Waals surface area contributed by atoms with Gasteiger partial charge in [-0.25, -0.2) is 13.8 Å². The quantitative estimate of drug-likeness (QED) is 0.0909. The van der Waals surface area contributed by atoms with E-state index < -0.39 is 22.9 Å². The number of benzene rings is 5. The highest BCUT2D eigenvalue weighted by Gasteiger charge is 2.24. The van der Waals surface area contributed by atoms with Gasteiger partial charge in [-0.2, -0.15) is 0 Å². The first-order valence-electron chi connectivity index (χ1n) is 15.4. The fraction of sp³-hybridized carbons (Fsp3) is 0.0256. The Balaban J connectivity index is 1.22. The monoisotopic (exact) mass is 736 g/mol. The van der Waals surface area contributed by atoms with Crippen LogP contribution in [-0.2, 0) is 9.59 Å². The van der Waals surface area contributed by atoms with Crippen LogP contribution < -0.4 is 16.0 Å². The van der Waals surface area contributed by atoms with Gasteiger partial charge < -0.3 is 16.0 Å². The Morgan fingerprint density at radius 2 is 1.51 bits per heavy atom. The van der Waals surface area contributed by atoms with E-state index in [9.17, 15) is 23.2 Å². The lowest BCUT2D eigenvalue weighted by Crippen LogP contribution is -2.30. The van der Waals surface area contributed by atoms with Gasteiger partial charge in [0.2, 0.25) is 5.91 Å². The fourth-order valence-corrected chi connectivity index (χ4v) is 6.90. The summed E-state index contributed by atoms with van der Waals surface area (Å²) in [5, 5.41) is 9.77. The minimum Gasteiger partial charge on any atom is -0.321 e. The Bertz CT molecular complexity index is 2200. The third-order valence-electron chi connectivity index (χ3n) is 7.38. The molecule has 0 radical (unpaired) electrons. The lowest BCUT2D eigenvalue weighted by atomic mass is 10.1. The summed E-state index contributed by atoms with van der Waals surface area (Å²) in [4.78, 5) is 45.6. The molecular weight excluding hydrogens is 710 g/mol. The van der Waals surface area contributed by atoms with Gasteiger partial charge in [0, 0.05) is 32.7 Å². The van der Waals surface area contributed by atoms with Crippen LogP contribution in [0.15, 0.2) is 143 Å². The number of thioether (sulfide) groups is 1. The third kappa shape index (κ3) is 9.14. The van der Waals surface area contributed by atoms with Crippen LogP contribution in [0.5, 0.6) is 0 Å². The molecule has 1 atom stereocenters. The largest absolute Gasteiger partial charge is 0.321 e. The van der Waals surface area contributed by atoms with Crippen molar-refractivity contribution in [3.8, 4) is 11.3 Å². The summed E-state index contributed by atoms with van der Waals surface area (Å²) < 4.78 is 28.2. The Kier molecular flexibility index (Phi) is 11.3. The average molecular weight is 737 g/mol. The third-order valence-corrected chi connectivity index (χ3v) is 9.71. The van der Waals surface area contributed by atoms with Gasteiger partial charge in [0.1, 0.15) is 22.6 Å². The molecular formula is C39H27ClF2N4O3S2. The van der Waals surface area contributed by atoms with Crippen LogP contribution in [-0.4, -0.2) is 22.7 Å². The lowest BCUT2D eigenvalue weighted by molar-refractivity contribution is -0.116. The summed E-state index contributed by atoms with van der Waals surface area (Å²) in [6.07, 6.45) is 1.18. The van der Waals surface area contributed by atoms with Crippen LogP contribution in [0, 0.1) is 11.6 Å². The van der Waals surface area contributed by atoms with Gasteiger partial charge in [-0.15, -0.1) is 23.1 Å². The molecule has 7 nitrogen and oxygen atoms in total. The maximum absolute atomic E-state index is 14.7. The summed E-state index contributed by atoms with van der Waals surface area (Å²) >= 11 is 8.75. The smallest absolute Gasteiger partial charge is 0.272 e. The molecule has 51 heavy (non-hydrogen) atoms. The molecule has 1 heterocycles. The molecule has 0 bridgehead atoms. The second kappa shape index (κ2) is 16.4. The van der Waals surface area contributed by atoms with Crippen molar-refractivity contribution in [1.82, 2.24) is 10.3 Å². The van der Waals surface area contributed by atoms with Crippen LogP contribution >= 0.6 is 34.7 Å². The molecule has 0 aliphatic rings. The van der Waals surface area contributed by atoms with Crippen molar-refractivity contribution in [3.63, 3.8) is 0 Å². The zero-order valence-electron chi connectivity index (χ0n) is 26.5. The number of hydrogen-bond donors (Lipinski definition) is 3. The van der Waals surface area contributed by atoms with Crippen molar-refractivity contribution in [1.29, 1.82) is 0 Å². The minimum atomic E-state index is -0.723. The number of nitrogens with one attached hydrogen (secondary N) is 3. The molecule has 0 saturated heterocycles. The Morgan fingerprint density at radius 1 is 0.804 bits per heavy atom. The van der Waals surface area contributed by atoms with Crippen LogP contribution in [0.4, 0.5) is 19.6 Å². The van der Waals surface area contributed by atoms with Gasteiger partial charge in [0.05, 0.1) is 10.7 Å². The summed E-state index contributed by atoms with van der Waals surface area (Å²) in [7, 11) is 0. The number of carbonyl (C=O) groups is 3. The van der Waals surface area contributed by atoms with Crippen molar-refractivity contribution >= 4 is 69.3 Å². The van der Waals surface area contributed by atoms with E-state index in [0.29, 0.717) is 27.0 Å². The Morgan fingerprint density at radius 3 is 2.24 bits per heavy atom. The van der Waals surface area contributed by atoms with Crippen molar-refractivity contribution in [2.75, 3.05) is 10.6 Å². The SMILES string of the molecule is O=C(Nc1cccc(SC(C(=O)Nc2nc(-c3ccc(F)cc3)cs2)c2ccccc2)c1)/C(=C\c1c(F)cccc1Cl)NC(=O)c1ccccc1. The van der Waals surface area contributed by atoms with E-state index in [1.807, 2.05) is 30.3 Å². The second-order valence-corrected chi connectivity index (χ2v) is 13.4. The van der Waals surface area contributed by atoms with E-state index in [0.717, 1.165) is 11.1 Å². The maximum Gasteiger partial charge on any atom is 0.272 e. The summed E-state index contributed by atoms with van der Waals surface area (Å²) in [6.45, 7) is 0. The van der Waals surface area contributed by atoms with Crippen molar-refractivity contribution in [3.05, 3.63) is 172 Å². The number of thiazole rings is 1. The topological polar surface area (TPSA) is 100 Å². The van der Waals surface area contributed by atoms with Gasteiger partial charge >= 0.3 is 0 Å². The Hall–Kier alpha value is -5.62. The molecule has 1 aromatic heterocycles. The van der Waals surface area contributed by atoms with Gasteiger partial charge in [-0.05, 0) is 78.4 Å². The zero-order valence-corrected chi connectivity index (χ0v) is 28.9. The number of rotatable bonds is 11. The second-order valence-electron chi connectivity index (χ2n) is 10.9. The highest BCUT2D eigenvalue weighted by Crippen LogP contribution is 2.38. The fourth-order valence-electron chi connectivity index (χ4n) is 4.87. The Labute approximate surface area is 305 Å². The molecule has 0 fully saturated rings.